The Kier molecular flexibility index (Phi) is 2.88. The van der Waals surface area contributed by atoms with E-state index in [1.807, 2.05) is 25.1 Å². The number of anilines is 1. The molecule has 1 unspecified atom stereocenters. The van der Waals surface area contributed by atoms with E-state index in [0.717, 1.165) is 16.8 Å². The monoisotopic (exact) mass is 233 g/mol. The third-order valence-electron chi connectivity index (χ3n) is 3.35. The maximum absolute atomic E-state index is 11.5. The molecule has 0 fully saturated rings. The summed E-state index contributed by atoms with van der Waals surface area (Å²) in [5.41, 5.74) is 3.17. The molecule has 1 aromatic rings. The number of aliphatic carboxylic acids is 1. The van der Waals surface area contributed by atoms with E-state index in [0.29, 0.717) is 6.54 Å². The topological polar surface area (TPSA) is 66.4 Å². The third kappa shape index (κ3) is 2.02. The summed E-state index contributed by atoms with van der Waals surface area (Å²) >= 11 is 0. The van der Waals surface area contributed by atoms with Gasteiger partial charge >= 0.3 is 5.97 Å². The molecule has 1 heterocycles. The van der Waals surface area contributed by atoms with E-state index in [2.05, 4.69) is 5.32 Å². The first-order chi connectivity index (χ1) is 8.00. The zero-order valence-electron chi connectivity index (χ0n) is 9.86. The average molecular weight is 233 g/mol. The largest absolute Gasteiger partial charge is 0.475 e. The highest BCUT2D eigenvalue weighted by Gasteiger charge is 2.33. The number of ketones is 1. The molecule has 0 spiro atoms. The van der Waals surface area contributed by atoms with Gasteiger partial charge in [-0.15, -0.1) is 0 Å². The zero-order valence-corrected chi connectivity index (χ0v) is 9.86. The summed E-state index contributed by atoms with van der Waals surface area (Å²) in [4.78, 5) is 22.2. The Morgan fingerprint density at radius 2 is 2.18 bits per heavy atom. The van der Waals surface area contributed by atoms with Crippen molar-refractivity contribution in [3.8, 4) is 0 Å². The number of carbonyl (C=O) groups is 2. The van der Waals surface area contributed by atoms with Gasteiger partial charge in [-0.3, -0.25) is 4.79 Å². The number of carboxylic acid groups (broad SMARTS) is 1. The van der Waals surface area contributed by atoms with Gasteiger partial charge < -0.3 is 10.4 Å². The van der Waals surface area contributed by atoms with E-state index in [9.17, 15) is 9.59 Å². The maximum atomic E-state index is 11.5. The number of nitrogens with one attached hydrogen (secondary N) is 1. The van der Waals surface area contributed by atoms with Crippen molar-refractivity contribution in [1.29, 1.82) is 0 Å². The van der Waals surface area contributed by atoms with E-state index in [-0.39, 0.29) is 5.92 Å². The van der Waals surface area contributed by atoms with Gasteiger partial charge in [0.15, 0.2) is 0 Å². The van der Waals surface area contributed by atoms with Crippen molar-refractivity contribution >= 4 is 17.4 Å². The van der Waals surface area contributed by atoms with E-state index >= 15 is 0 Å². The molecular weight excluding hydrogens is 218 g/mol. The summed E-state index contributed by atoms with van der Waals surface area (Å²) in [6.07, 6.45) is 0. The Bertz CT molecular complexity index is 482. The molecule has 0 aromatic heterocycles. The Morgan fingerprint density at radius 1 is 1.47 bits per heavy atom. The van der Waals surface area contributed by atoms with Crippen molar-refractivity contribution in [2.24, 2.45) is 5.92 Å². The molecule has 4 heteroatoms. The van der Waals surface area contributed by atoms with Crippen LogP contribution in [0, 0.1) is 12.8 Å². The molecule has 90 valence electrons. The number of carbonyl (C=O) groups excluding carboxylic acids is 1. The molecule has 2 N–H and O–H groups in total. The second-order valence-corrected chi connectivity index (χ2v) is 4.54. The molecule has 17 heavy (non-hydrogen) atoms. The minimum atomic E-state index is -1.35. The molecule has 0 aliphatic carbocycles. The number of hydrogen-bond donors (Lipinski definition) is 2. The molecule has 0 radical (unpaired) electrons. The van der Waals surface area contributed by atoms with E-state index < -0.39 is 17.7 Å². The number of rotatable bonds is 3. The van der Waals surface area contributed by atoms with Crippen molar-refractivity contribution in [1.82, 2.24) is 0 Å². The van der Waals surface area contributed by atoms with Gasteiger partial charge in [0.2, 0.25) is 5.78 Å². The highest BCUT2D eigenvalue weighted by molar-refractivity contribution is 6.33. The predicted octanol–water partition coefficient (Wildman–Crippen LogP) is 1.79. The number of hydrogen-bond acceptors (Lipinski definition) is 3. The lowest BCUT2D eigenvalue weighted by atomic mass is 9.85. The molecule has 1 aliphatic rings. The van der Waals surface area contributed by atoms with Crippen LogP contribution >= 0.6 is 0 Å². The molecule has 1 aliphatic heterocycles. The van der Waals surface area contributed by atoms with Crippen LogP contribution < -0.4 is 5.32 Å². The van der Waals surface area contributed by atoms with Crippen LogP contribution in [0.1, 0.15) is 24.0 Å². The van der Waals surface area contributed by atoms with Gasteiger partial charge in [-0.1, -0.05) is 24.6 Å². The fourth-order valence-electron chi connectivity index (χ4n) is 2.30. The van der Waals surface area contributed by atoms with Crippen LogP contribution in [-0.2, 0) is 9.59 Å². The average Bonchev–Trinajstić information content (AvgIpc) is 2.69. The Hall–Kier alpha value is -1.84. The van der Waals surface area contributed by atoms with Gasteiger partial charge in [0.25, 0.3) is 0 Å². The molecule has 0 saturated carbocycles. The standard InChI is InChI=1S/C13H15NO3/c1-7-3-4-11-9(5-7)10(6-14-11)8(2)12(15)13(16)17/h3-5,8,10,14H,6H2,1-2H3,(H,16,17)/t8-,10?/m0/s1. The minimum Gasteiger partial charge on any atom is -0.475 e. The SMILES string of the molecule is Cc1ccc2c(c1)C([C@H](C)C(=O)C(=O)O)CN2. The van der Waals surface area contributed by atoms with Crippen LogP contribution in [0.2, 0.25) is 0 Å². The van der Waals surface area contributed by atoms with E-state index in [1.165, 1.54) is 0 Å². The quantitative estimate of drug-likeness (QED) is 0.781. The third-order valence-corrected chi connectivity index (χ3v) is 3.35. The summed E-state index contributed by atoms with van der Waals surface area (Å²) in [6.45, 7) is 4.29. The van der Waals surface area contributed by atoms with Crippen LogP contribution in [0.5, 0.6) is 0 Å². The van der Waals surface area contributed by atoms with Crippen LogP contribution in [-0.4, -0.2) is 23.4 Å². The number of Topliss-reactive ketones (excluding diaryl/α,β-unsaturated/α-hetero) is 1. The summed E-state index contributed by atoms with van der Waals surface area (Å²) in [7, 11) is 0. The Morgan fingerprint density at radius 3 is 2.82 bits per heavy atom. The van der Waals surface area contributed by atoms with E-state index in [1.54, 1.807) is 6.92 Å². The van der Waals surface area contributed by atoms with Crippen molar-refractivity contribution in [2.45, 2.75) is 19.8 Å². The molecule has 2 atom stereocenters. The highest BCUT2D eigenvalue weighted by atomic mass is 16.4. The van der Waals surface area contributed by atoms with Crippen molar-refractivity contribution in [2.75, 3.05) is 11.9 Å². The lowest BCUT2D eigenvalue weighted by molar-refractivity contribution is -0.151. The smallest absolute Gasteiger partial charge is 0.372 e. The number of carboxylic acids is 1. The van der Waals surface area contributed by atoms with Crippen LogP contribution in [0.4, 0.5) is 5.69 Å². The summed E-state index contributed by atoms with van der Waals surface area (Å²) in [5.74, 6) is -2.61. The van der Waals surface area contributed by atoms with Crippen LogP contribution in [0.3, 0.4) is 0 Å². The van der Waals surface area contributed by atoms with Crippen LogP contribution in [0.15, 0.2) is 18.2 Å². The van der Waals surface area contributed by atoms with Gasteiger partial charge in [-0.25, -0.2) is 4.79 Å². The number of aryl methyl sites for hydroxylation is 1. The molecule has 0 bridgehead atoms. The minimum absolute atomic E-state index is 0.0477. The normalized spacial score (nSPS) is 19.3. The predicted molar refractivity (Wildman–Crippen MR) is 64.2 cm³/mol. The van der Waals surface area contributed by atoms with Gasteiger partial charge in [-0.05, 0) is 18.6 Å². The summed E-state index contributed by atoms with van der Waals surface area (Å²) in [6, 6.07) is 5.99. The molecule has 4 nitrogen and oxygen atoms in total. The molecular formula is C13H15NO3. The van der Waals surface area contributed by atoms with Gasteiger partial charge in [-0.2, -0.15) is 0 Å². The zero-order chi connectivity index (χ0) is 12.6. The van der Waals surface area contributed by atoms with Crippen molar-refractivity contribution in [3.05, 3.63) is 29.3 Å². The lowest BCUT2D eigenvalue weighted by Gasteiger charge is -2.16. The Labute approximate surface area is 99.6 Å². The van der Waals surface area contributed by atoms with Gasteiger partial charge in [0.05, 0.1) is 0 Å². The first-order valence-corrected chi connectivity index (χ1v) is 5.62. The molecule has 0 saturated heterocycles. The number of benzene rings is 1. The molecule has 0 amide bonds. The van der Waals surface area contributed by atoms with Crippen LogP contribution in [0.25, 0.3) is 0 Å². The maximum Gasteiger partial charge on any atom is 0.372 e. The first-order valence-electron chi connectivity index (χ1n) is 5.62. The number of fused-ring (bicyclic) bond motifs is 1. The van der Waals surface area contributed by atoms with Crippen molar-refractivity contribution < 1.29 is 14.7 Å². The lowest BCUT2D eigenvalue weighted by Crippen LogP contribution is -2.27. The van der Waals surface area contributed by atoms with Crippen molar-refractivity contribution in [3.63, 3.8) is 0 Å². The molecule has 1 aromatic carbocycles. The second kappa shape index (κ2) is 4.20. The summed E-state index contributed by atoms with van der Waals surface area (Å²) in [5, 5.41) is 12.0. The van der Waals surface area contributed by atoms with E-state index in [4.69, 9.17) is 5.11 Å². The summed E-state index contributed by atoms with van der Waals surface area (Å²) < 4.78 is 0. The highest BCUT2D eigenvalue weighted by Crippen LogP contribution is 2.37. The fourth-order valence-corrected chi connectivity index (χ4v) is 2.30. The van der Waals surface area contributed by atoms with Gasteiger partial charge in [0.1, 0.15) is 0 Å². The second-order valence-electron chi connectivity index (χ2n) is 4.54. The first kappa shape index (κ1) is 11.6. The van der Waals surface area contributed by atoms with Gasteiger partial charge in [0, 0.05) is 24.1 Å². The Balaban J connectivity index is 2.30. The fraction of sp³-hybridized carbons (Fsp3) is 0.385. The molecule has 2 rings (SSSR count).